The first-order valence-electron chi connectivity index (χ1n) is 7.87. The molecule has 0 atom stereocenters. The van der Waals surface area contributed by atoms with E-state index in [0.717, 1.165) is 10.2 Å². The Labute approximate surface area is 158 Å². The van der Waals surface area contributed by atoms with Gasteiger partial charge in [-0.2, -0.15) is 4.99 Å². The van der Waals surface area contributed by atoms with Crippen LogP contribution < -0.4 is 14.3 Å². The second kappa shape index (κ2) is 6.87. The fourth-order valence-corrected chi connectivity index (χ4v) is 3.84. The monoisotopic (exact) mass is 384 g/mol. The summed E-state index contributed by atoms with van der Waals surface area (Å²) in [5, 5.41) is 0.566. The van der Waals surface area contributed by atoms with Crippen molar-refractivity contribution in [2.75, 3.05) is 13.2 Å². The topological polar surface area (TPSA) is 52.8 Å². The van der Waals surface area contributed by atoms with Gasteiger partial charge >= 0.3 is 0 Å². The normalized spacial score (nSPS) is 13.6. The zero-order valence-electron chi connectivity index (χ0n) is 13.6. The van der Waals surface area contributed by atoms with Gasteiger partial charge in [-0.05, 0) is 24.3 Å². The number of terminal acetylenes is 1. The van der Waals surface area contributed by atoms with E-state index in [-0.39, 0.29) is 5.91 Å². The van der Waals surface area contributed by atoms with Crippen molar-refractivity contribution in [3.63, 3.8) is 0 Å². The maximum atomic E-state index is 12.5. The van der Waals surface area contributed by atoms with Gasteiger partial charge in [-0.25, -0.2) is 0 Å². The molecule has 1 amide bonds. The number of hydrogen-bond donors (Lipinski definition) is 0. The largest absolute Gasteiger partial charge is 0.486 e. The standard InChI is InChI=1S/C19H13ClN2O3S/c1-2-7-22-14-10-15-16(25-9-8-24-15)11-17(14)26-19(22)21-18(23)12-3-5-13(20)6-4-12/h1,3-6,10-11H,7-9H2. The van der Waals surface area contributed by atoms with E-state index in [1.807, 2.05) is 16.7 Å². The van der Waals surface area contributed by atoms with Crippen molar-refractivity contribution < 1.29 is 14.3 Å². The number of halogens is 1. The second-order valence-corrected chi connectivity index (χ2v) is 7.01. The van der Waals surface area contributed by atoms with Crippen LogP contribution in [0.2, 0.25) is 5.02 Å². The Balaban J connectivity index is 1.85. The van der Waals surface area contributed by atoms with Crippen LogP contribution in [0.5, 0.6) is 11.5 Å². The van der Waals surface area contributed by atoms with E-state index in [2.05, 4.69) is 10.9 Å². The number of aromatic nitrogens is 1. The summed E-state index contributed by atoms with van der Waals surface area (Å²) in [6, 6.07) is 10.4. The van der Waals surface area contributed by atoms with Crippen LogP contribution in [-0.2, 0) is 6.54 Å². The van der Waals surface area contributed by atoms with Crippen LogP contribution in [0.25, 0.3) is 10.2 Å². The van der Waals surface area contributed by atoms with Crippen molar-refractivity contribution in [2.45, 2.75) is 6.54 Å². The van der Waals surface area contributed by atoms with Crippen LogP contribution in [0.4, 0.5) is 0 Å². The molecule has 5 nitrogen and oxygen atoms in total. The number of carbonyl (C=O) groups excluding carboxylic acids is 1. The van der Waals surface area contributed by atoms with Crippen molar-refractivity contribution >= 4 is 39.1 Å². The molecule has 4 rings (SSSR count). The predicted molar refractivity (Wildman–Crippen MR) is 101 cm³/mol. The average Bonchev–Trinajstić information content (AvgIpc) is 2.97. The molecule has 7 heteroatoms. The third kappa shape index (κ3) is 3.07. The Kier molecular flexibility index (Phi) is 4.41. The lowest BCUT2D eigenvalue weighted by molar-refractivity contribution is 0.0998. The van der Waals surface area contributed by atoms with E-state index in [0.29, 0.717) is 46.6 Å². The molecule has 1 aromatic heterocycles. The molecule has 0 saturated heterocycles. The summed E-state index contributed by atoms with van der Waals surface area (Å²) in [7, 11) is 0. The van der Waals surface area contributed by atoms with Gasteiger partial charge in [0.05, 0.1) is 16.8 Å². The third-order valence-electron chi connectivity index (χ3n) is 3.88. The molecule has 0 unspecified atom stereocenters. The summed E-state index contributed by atoms with van der Waals surface area (Å²) in [6.45, 7) is 1.32. The second-order valence-electron chi connectivity index (χ2n) is 5.56. The molecule has 130 valence electrons. The van der Waals surface area contributed by atoms with Gasteiger partial charge in [0.2, 0.25) is 0 Å². The van der Waals surface area contributed by atoms with Crippen molar-refractivity contribution in [1.82, 2.24) is 4.57 Å². The Hall–Kier alpha value is -2.75. The highest BCUT2D eigenvalue weighted by molar-refractivity contribution is 7.16. The van der Waals surface area contributed by atoms with Crippen LogP contribution in [-0.4, -0.2) is 23.7 Å². The summed E-state index contributed by atoms with van der Waals surface area (Å²) in [5.74, 6) is 3.62. The molecule has 1 aliphatic heterocycles. The molecule has 0 saturated carbocycles. The Bertz CT molecular complexity index is 1110. The molecule has 1 aliphatic rings. The van der Waals surface area contributed by atoms with Crippen LogP contribution in [0, 0.1) is 12.3 Å². The smallest absolute Gasteiger partial charge is 0.279 e. The molecule has 0 N–H and O–H groups in total. The number of ether oxygens (including phenoxy) is 2. The van der Waals surface area contributed by atoms with Gasteiger partial charge in [-0.15, -0.1) is 6.42 Å². The Morgan fingerprint density at radius 3 is 2.62 bits per heavy atom. The number of nitrogens with zero attached hydrogens (tertiary/aromatic N) is 2. The lowest BCUT2D eigenvalue weighted by Gasteiger charge is -2.18. The van der Waals surface area contributed by atoms with E-state index in [9.17, 15) is 4.79 Å². The number of benzene rings is 2. The number of thiazole rings is 1. The maximum absolute atomic E-state index is 12.5. The summed E-state index contributed by atoms with van der Waals surface area (Å²) < 4.78 is 14.0. The van der Waals surface area contributed by atoms with Gasteiger partial charge < -0.3 is 14.0 Å². The highest BCUT2D eigenvalue weighted by Gasteiger charge is 2.16. The molecule has 3 aromatic rings. The summed E-state index contributed by atoms with van der Waals surface area (Å²) in [6.07, 6.45) is 5.51. The highest BCUT2D eigenvalue weighted by Crippen LogP contribution is 2.35. The molecule has 0 radical (unpaired) electrons. The lowest BCUT2D eigenvalue weighted by atomic mass is 10.2. The molecule has 2 aromatic carbocycles. The minimum absolute atomic E-state index is 0.298. The van der Waals surface area contributed by atoms with Gasteiger partial charge in [0.25, 0.3) is 5.91 Å². The molecule has 0 aliphatic carbocycles. The minimum Gasteiger partial charge on any atom is -0.486 e. The maximum Gasteiger partial charge on any atom is 0.279 e. The first-order valence-corrected chi connectivity index (χ1v) is 9.06. The number of fused-ring (bicyclic) bond motifs is 2. The lowest BCUT2D eigenvalue weighted by Crippen LogP contribution is -2.17. The van der Waals surface area contributed by atoms with Gasteiger partial charge in [-0.1, -0.05) is 28.9 Å². The van der Waals surface area contributed by atoms with Crippen LogP contribution in [0.3, 0.4) is 0 Å². The van der Waals surface area contributed by atoms with Gasteiger partial charge in [0, 0.05) is 22.7 Å². The van der Waals surface area contributed by atoms with E-state index in [4.69, 9.17) is 27.5 Å². The molecular weight excluding hydrogens is 372 g/mol. The van der Waals surface area contributed by atoms with Crippen LogP contribution in [0.1, 0.15) is 10.4 Å². The third-order valence-corrected chi connectivity index (χ3v) is 5.18. The average molecular weight is 385 g/mol. The minimum atomic E-state index is -0.351. The first-order chi connectivity index (χ1) is 12.7. The number of amides is 1. The van der Waals surface area contributed by atoms with Gasteiger partial charge in [0.1, 0.15) is 13.2 Å². The Morgan fingerprint density at radius 2 is 1.92 bits per heavy atom. The van der Waals surface area contributed by atoms with Crippen LogP contribution in [0.15, 0.2) is 41.4 Å². The van der Waals surface area contributed by atoms with E-state index in [1.165, 1.54) is 11.3 Å². The molecular formula is C19H13ClN2O3S. The van der Waals surface area contributed by atoms with Crippen molar-refractivity contribution in [3.05, 3.63) is 51.8 Å². The molecule has 0 bridgehead atoms. The van der Waals surface area contributed by atoms with E-state index in [1.54, 1.807) is 24.3 Å². The van der Waals surface area contributed by atoms with Gasteiger partial charge in [0.15, 0.2) is 16.3 Å². The van der Waals surface area contributed by atoms with Crippen LogP contribution >= 0.6 is 22.9 Å². The number of hydrogen-bond acceptors (Lipinski definition) is 4. The van der Waals surface area contributed by atoms with Crippen molar-refractivity contribution in [2.24, 2.45) is 4.99 Å². The van der Waals surface area contributed by atoms with Gasteiger partial charge in [-0.3, -0.25) is 4.79 Å². The zero-order valence-corrected chi connectivity index (χ0v) is 15.1. The van der Waals surface area contributed by atoms with E-state index >= 15 is 0 Å². The molecule has 0 spiro atoms. The van der Waals surface area contributed by atoms with Crippen molar-refractivity contribution in [3.8, 4) is 23.8 Å². The fourth-order valence-electron chi connectivity index (χ4n) is 2.68. The summed E-state index contributed by atoms with van der Waals surface area (Å²) in [5.41, 5.74) is 1.32. The summed E-state index contributed by atoms with van der Waals surface area (Å²) in [4.78, 5) is 17.3. The SMILES string of the molecule is C#CCn1c(=NC(=O)c2ccc(Cl)cc2)sc2cc3c(cc21)OCCO3. The number of carbonyl (C=O) groups is 1. The van der Waals surface area contributed by atoms with Crippen molar-refractivity contribution in [1.29, 1.82) is 0 Å². The van der Waals surface area contributed by atoms with E-state index < -0.39 is 0 Å². The highest BCUT2D eigenvalue weighted by atomic mass is 35.5. The zero-order chi connectivity index (χ0) is 18.1. The quantitative estimate of drug-likeness (QED) is 0.635. The first kappa shape index (κ1) is 16.7. The summed E-state index contributed by atoms with van der Waals surface area (Å²) >= 11 is 7.25. The Morgan fingerprint density at radius 1 is 1.23 bits per heavy atom. The fraction of sp³-hybridized carbons (Fsp3) is 0.158. The molecule has 26 heavy (non-hydrogen) atoms. The molecule has 0 fully saturated rings. The predicted octanol–water partition coefficient (Wildman–Crippen LogP) is 3.50. The number of rotatable bonds is 2. The molecule has 2 heterocycles.